The molecule has 0 unspecified atom stereocenters. The van der Waals surface area contributed by atoms with E-state index in [1.54, 1.807) is 6.20 Å². The lowest BCUT2D eigenvalue weighted by Gasteiger charge is -2.32. The molecule has 5 nitrogen and oxygen atoms in total. The van der Waals surface area contributed by atoms with E-state index in [9.17, 15) is 4.79 Å². The zero-order valence-corrected chi connectivity index (χ0v) is 14.8. The number of para-hydroxylation sites is 1. The van der Waals surface area contributed by atoms with Gasteiger partial charge in [0.25, 0.3) is 0 Å². The molecule has 1 aliphatic rings. The predicted molar refractivity (Wildman–Crippen MR) is 97.7 cm³/mol. The Balaban J connectivity index is 0.00000208. The molecule has 3 rings (SSSR count). The molecule has 24 heavy (non-hydrogen) atoms. The van der Waals surface area contributed by atoms with Gasteiger partial charge >= 0.3 is 0 Å². The van der Waals surface area contributed by atoms with Crippen LogP contribution in [0.15, 0.2) is 42.7 Å². The Kier molecular flexibility index (Phi) is 6.82. The zero-order valence-electron chi connectivity index (χ0n) is 14.0. The van der Waals surface area contributed by atoms with E-state index in [2.05, 4.69) is 10.4 Å². The number of carbonyl (C=O) groups is 1. The van der Waals surface area contributed by atoms with Crippen molar-refractivity contribution in [2.75, 3.05) is 26.7 Å². The van der Waals surface area contributed by atoms with Crippen molar-refractivity contribution in [3.8, 4) is 5.69 Å². The number of nitrogens with one attached hydrogen (secondary N) is 1. The largest absolute Gasteiger partial charge is 0.342 e. The average Bonchev–Trinajstić information content (AvgIpc) is 3.05. The van der Waals surface area contributed by atoms with Gasteiger partial charge in [0, 0.05) is 19.3 Å². The van der Waals surface area contributed by atoms with Crippen LogP contribution >= 0.6 is 12.4 Å². The SMILES string of the molecule is CNCC1CCN(C(=O)Cc2cnn(-c3ccccc3)c2)CC1.Cl. The number of hydrogen-bond donors (Lipinski definition) is 1. The summed E-state index contributed by atoms with van der Waals surface area (Å²) in [6.07, 6.45) is 6.36. The van der Waals surface area contributed by atoms with Crippen LogP contribution in [0.2, 0.25) is 0 Å². The fourth-order valence-corrected chi connectivity index (χ4v) is 3.13. The van der Waals surface area contributed by atoms with Crippen LogP contribution in [0.25, 0.3) is 5.69 Å². The summed E-state index contributed by atoms with van der Waals surface area (Å²) in [5, 5.41) is 7.58. The smallest absolute Gasteiger partial charge is 0.227 e. The van der Waals surface area contributed by atoms with Crippen LogP contribution in [0.4, 0.5) is 0 Å². The third kappa shape index (κ3) is 4.58. The monoisotopic (exact) mass is 348 g/mol. The van der Waals surface area contributed by atoms with E-state index in [1.165, 1.54) is 0 Å². The Hall–Kier alpha value is -1.85. The van der Waals surface area contributed by atoms with Crippen LogP contribution in [0, 0.1) is 5.92 Å². The van der Waals surface area contributed by atoms with Gasteiger partial charge < -0.3 is 10.2 Å². The van der Waals surface area contributed by atoms with E-state index < -0.39 is 0 Å². The Morgan fingerprint density at radius 2 is 1.96 bits per heavy atom. The van der Waals surface area contributed by atoms with Crippen molar-refractivity contribution in [1.29, 1.82) is 0 Å². The van der Waals surface area contributed by atoms with Gasteiger partial charge in [-0.15, -0.1) is 12.4 Å². The molecule has 0 atom stereocenters. The molecular weight excluding hydrogens is 324 g/mol. The van der Waals surface area contributed by atoms with Crippen molar-refractivity contribution in [2.45, 2.75) is 19.3 Å². The Labute approximate surface area is 149 Å². The van der Waals surface area contributed by atoms with Crippen LogP contribution in [0.5, 0.6) is 0 Å². The quantitative estimate of drug-likeness (QED) is 0.902. The topological polar surface area (TPSA) is 50.2 Å². The first-order valence-electron chi connectivity index (χ1n) is 8.27. The van der Waals surface area contributed by atoms with Gasteiger partial charge in [-0.3, -0.25) is 4.79 Å². The highest BCUT2D eigenvalue weighted by Gasteiger charge is 2.22. The summed E-state index contributed by atoms with van der Waals surface area (Å²) in [4.78, 5) is 14.4. The highest BCUT2D eigenvalue weighted by Crippen LogP contribution is 2.17. The number of amides is 1. The van der Waals surface area contributed by atoms with Gasteiger partial charge in [0.15, 0.2) is 0 Å². The molecule has 0 saturated carbocycles. The molecule has 0 spiro atoms. The summed E-state index contributed by atoms with van der Waals surface area (Å²) in [5.74, 6) is 0.908. The van der Waals surface area contributed by atoms with Crippen LogP contribution in [0.3, 0.4) is 0 Å². The maximum atomic E-state index is 12.5. The second-order valence-corrected chi connectivity index (χ2v) is 6.19. The van der Waals surface area contributed by atoms with E-state index in [4.69, 9.17) is 0 Å². The maximum absolute atomic E-state index is 12.5. The lowest BCUT2D eigenvalue weighted by Crippen LogP contribution is -2.41. The zero-order chi connectivity index (χ0) is 16.1. The summed E-state index contributed by atoms with van der Waals surface area (Å²) >= 11 is 0. The molecule has 1 N–H and O–H groups in total. The number of rotatable bonds is 5. The number of aromatic nitrogens is 2. The fraction of sp³-hybridized carbons (Fsp3) is 0.444. The van der Waals surface area contributed by atoms with Gasteiger partial charge in [-0.2, -0.15) is 5.10 Å². The Morgan fingerprint density at radius 3 is 2.62 bits per heavy atom. The van der Waals surface area contributed by atoms with Gasteiger partial charge in [0.05, 0.1) is 18.3 Å². The Bertz CT molecular complexity index is 635. The molecule has 6 heteroatoms. The van der Waals surface area contributed by atoms with E-state index in [-0.39, 0.29) is 18.3 Å². The minimum atomic E-state index is 0. The van der Waals surface area contributed by atoms with Crippen LogP contribution < -0.4 is 5.32 Å². The van der Waals surface area contributed by atoms with Crippen molar-refractivity contribution in [1.82, 2.24) is 20.0 Å². The molecule has 1 aromatic heterocycles. The van der Waals surface area contributed by atoms with Crippen molar-refractivity contribution in [3.05, 3.63) is 48.3 Å². The molecule has 0 aliphatic carbocycles. The van der Waals surface area contributed by atoms with Gasteiger partial charge in [-0.25, -0.2) is 4.68 Å². The number of hydrogen-bond acceptors (Lipinski definition) is 3. The minimum absolute atomic E-state index is 0. The molecule has 2 heterocycles. The number of carbonyl (C=O) groups excluding carboxylic acids is 1. The average molecular weight is 349 g/mol. The highest BCUT2D eigenvalue weighted by atomic mass is 35.5. The lowest BCUT2D eigenvalue weighted by atomic mass is 9.96. The number of piperidine rings is 1. The minimum Gasteiger partial charge on any atom is -0.342 e. The normalized spacial score (nSPS) is 15.1. The van der Waals surface area contributed by atoms with Gasteiger partial charge in [-0.05, 0) is 50.0 Å². The van der Waals surface area contributed by atoms with E-state index in [0.717, 1.165) is 43.7 Å². The fourth-order valence-electron chi connectivity index (χ4n) is 3.13. The molecule has 130 valence electrons. The molecule has 1 fully saturated rings. The second-order valence-electron chi connectivity index (χ2n) is 6.19. The summed E-state index contributed by atoms with van der Waals surface area (Å²) < 4.78 is 1.82. The lowest BCUT2D eigenvalue weighted by molar-refractivity contribution is -0.131. The molecular formula is C18H25ClN4O. The van der Waals surface area contributed by atoms with Crippen LogP contribution in [-0.4, -0.2) is 47.3 Å². The van der Waals surface area contributed by atoms with Gasteiger partial charge in [0.2, 0.25) is 5.91 Å². The molecule has 0 bridgehead atoms. The van der Waals surface area contributed by atoms with Crippen LogP contribution in [-0.2, 0) is 11.2 Å². The van der Waals surface area contributed by atoms with E-state index in [1.807, 2.05) is 53.2 Å². The third-order valence-corrected chi connectivity index (χ3v) is 4.47. The maximum Gasteiger partial charge on any atom is 0.227 e. The van der Waals surface area contributed by atoms with Crippen LogP contribution in [0.1, 0.15) is 18.4 Å². The van der Waals surface area contributed by atoms with Crippen molar-refractivity contribution < 1.29 is 4.79 Å². The summed E-state index contributed by atoms with van der Waals surface area (Å²) in [6, 6.07) is 9.96. The van der Waals surface area contributed by atoms with Crippen molar-refractivity contribution >= 4 is 18.3 Å². The molecule has 1 amide bonds. The van der Waals surface area contributed by atoms with E-state index in [0.29, 0.717) is 12.3 Å². The van der Waals surface area contributed by atoms with Crippen molar-refractivity contribution in [2.24, 2.45) is 5.92 Å². The highest BCUT2D eigenvalue weighted by molar-refractivity contribution is 5.85. The first-order chi connectivity index (χ1) is 11.3. The predicted octanol–water partition coefficient (Wildman–Crippen LogP) is 2.29. The van der Waals surface area contributed by atoms with Gasteiger partial charge in [-0.1, -0.05) is 18.2 Å². The first-order valence-corrected chi connectivity index (χ1v) is 8.27. The molecule has 0 radical (unpaired) electrons. The summed E-state index contributed by atoms with van der Waals surface area (Å²) in [5.41, 5.74) is 1.98. The molecule has 1 saturated heterocycles. The van der Waals surface area contributed by atoms with Gasteiger partial charge in [0.1, 0.15) is 0 Å². The second kappa shape index (κ2) is 8.85. The number of halogens is 1. The third-order valence-electron chi connectivity index (χ3n) is 4.47. The van der Waals surface area contributed by atoms with E-state index >= 15 is 0 Å². The first kappa shape index (κ1) is 18.5. The molecule has 1 aromatic carbocycles. The molecule has 1 aliphatic heterocycles. The molecule has 2 aromatic rings. The standard InChI is InChI=1S/C18H24N4O.ClH/c1-19-12-15-7-9-21(10-8-15)18(23)11-16-13-20-22(14-16)17-5-3-2-4-6-17;/h2-6,13-15,19H,7-12H2,1H3;1H. The number of benzene rings is 1. The van der Waals surface area contributed by atoms with Crippen molar-refractivity contribution in [3.63, 3.8) is 0 Å². The summed E-state index contributed by atoms with van der Waals surface area (Å²) in [6.45, 7) is 2.79. The number of nitrogens with zero attached hydrogens (tertiary/aromatic N) is 3. The summed E-state index contributed by atoms with van der Waals surface area (Å²) in [7, 11) is 1.99. The number of likely N-dealkylation sites (tertiary alicyclic amines) is 1. The Morgan fingerprint density at radius 1 is 1.25 bits per heavy atom.